The number of hydrogen-bond donors (Lipinski definition) is 2. The van der Waals surface area contributed by atoms with Gasteiger partial charge in [0.05, 0.1) is 0 Å². The van der Waals surface area contributed by atoms with Gasteiger partial charge in [-0.15, -0.1) is 0 Å². The van der Waals surface area contributed by atoms with Crippen LogP contribution in [0.3, 0.4) is 0 Å². The molecule has 0 saturated carbocycles. The van der Waals surface area contributed by atoms with Crippen LogP contribution in [0.5, 0.6) is 0 Å². The maximum Gasteiger partial charge on any atom is 0.133 e. The zero-order valence-corrected chi connectivity index (χ0v) is 10.9. The lowest BCUT2D eigenvalue weighted by molar-refractivity contribution is 0.411. The smallest absolute Gasteiger partial charge is 0.133 e. The van der Waals surface area contributed by atoms with Crippen LogP contribution in [-0.2, 0) is 0 Å². The summed E-state index contributed by atoms with van der Waals surface area (Å²) in [6.45, 7) is 5.40. The van der Waals surface area contributed by atoms with E-state index < -0.39 is 0 Å². The molecule has 0 aromatic carbocycles. The van der Waals surface area contributed by atoms with Crippen LogP contribution >= 0.6 is 0 Å². The van der Waals surface area contributed by atoms with E-state index in [9.17, 15) is 0 Å². The van der Waals surface area contributed by atoms with Gasteiger partial charge in [0.1, 0.15) is 5.82 Å². The van der Waals surface area contributed by atoms with Gasteiger partial charge in [-0.2, -0.15) is 0 Å². The zero-order valence-electron chi connectivity index (χ0n) is 10.9. The fourth-order valence-corrected chi connectivity index (χ4v) is 2.94. The third-order valence-electron chi connectivity index (χ3n) is 3.92. The van der Waals surface area contributed by atoms with Crippen molar-refractivity contribution in [3.63, 3.8) is 0 Å². The van der Waals surface area contributed by atoms with Gasteiger partial charge in [-0.3, -0.25) is 0 Å². The Kier molecular flexibility index (Phi) is 3.76. The predicted octanol–water partition coefficient (Wildman–Crippen LogP) is 1.31. The second-order valence-corrected chi connectivity index (χ2v) is 5.16. The van der Waals surface area contributed by atoms with Crippen molar-refractivity contribution in [2.24, 2.45) is 0 Å². The number of piperidine rings is 1. The lowest BCUT2D eigenvalue weighted by Gasteiger charge is -2.33. The number of nitrogens with zero attached hydrogens (tertiary/aromatic N) is 2. The van der Waals surface area contributed by atoms with E-state index in [1.54, 1.807) is 0 Å². The van der Waals surface area contributed by atoms with Gasteiger partial charge in [0.25, 0.3) is 0 Å². The molecule has 0 amide bonds. The van der Waals surface area contributed by atoms with Gasteiger partial charge in [0.15, 0.2) is 0 Å². The fourth-order valence-electron chi connectivity index (χ4n) is 2.94. The van der Waals surface area contributed by atoms with Crippen LogP contribution in [0.15, 0.2) is 18.3 Å². The van der Waals surface area contributed by atoms with Crippen LogP contribution < -0.4 is 15.5 Å². The predicted molar refractivity (Wildman–Crippen MR) is 73.9 cm³/mol. The highest BCUT2D eigenvalue weighted by Crippen LogP contribution is 2.29. The molecule has 2 saturated heterocycles. The fraction of sp³-hybridized carbons (Fsp3) is 0.643. The second-order valence-electron chi connectivity index (χ2n) is 5.16. The Bertz CT molecular complexity index is 344. The Balaban J connectivity index is 1.83. The second kappa shape index (κ2) is 5.67. The molecule has 18 heavy (non-hydrogen) atoms. The van der Waals surface area contributed by atoms with Gasteiger partial charge >= 0.3 is 0 Å². The molecule has 1 aromatic heterocycles. The molecule has 0 spiro atoms. The van der Waals surface area contributed by atoms with Crippen LogP contribution in [0, 0.1) is 0 Å². The first-order chi connectivity index (χ1) is 8.95. The molecule has 3 rings (SSSR count). The van der Waals surface area contributed by atoms with Crippen LogP contribution in [-0.4, -0.2) is 37.7 Å². The first kappa shape index (κ1) is 11.9. The molecule has 98 valence electrons. The Morgan fingerprint density at radius 1 is 1.17 bits per heavy atom. The van der Waals surface area contributed by atoms with Gasteiger partial charge in [0.2, 0.25) is 0 Å². The third-order valence-corrected chi connectivity index (χ3v) is 3.92. The van der Waals surface area contributed by atoms with Gasteiger partial charge in [-0.25, -0.2) is 4.98 Å². The number of rotatable bonds is 2. The normalized spacial score (nSPS) is 25.1. The standard InChI is InChI=1S/C14H22N4/c1-2-6-16-13(5-1)12-4-3-7-17-14(12)18-10-8-15-9-11-18/h3-4,7,13,15-16H,1-2,5-6,8-11H2. The molecule has 2 fully saturated rings. The van der Waals surface area contributed by atoms with E-state index in [-0.39, 0.29) is 0 Å². The Morgan fingerprint density at radius 2 is 2.06 bits per heavy atom. The SMILES string of the molecule is c1cnc(N2CCNCC2)c(C2CCCCN2)c1. The first-order valence-corrected chi connectivity index (χ1v) is 7.09. The van der Waals surface area contributed by atoms with Crippen molar-refractivity contribution in [3.05, 3.63) is 23.9 Å². The lowest BCUT2D eigenvalue weighted by Crippen LogP contribution is -2.44. The van der Waals surface area contributed by atoms with E-state index in [1.807, 2.05) is 6.20 Å². The topological polar surface area (TPSA) is 40.2 Å². The molecular formula is C14H22N4. The van der Waals surface area contributed by atoms with Crippen molar-refractivity contribution < 1.29 is 0 Å². The highest BCUT2D eigenvalue weighted by Gasteiger charge is 2.22. The van der Waals surface area contributed by atoms with Crippen LogP contribution in [0.25, 0.3) is 0 Å². The quantitative estimate of drug-likeness (QED) is 0.825. The van der Waals surface area contributed by atoms with Crippen LogP contribution in [0.2, 0.25) is 0 Å². The summed E-state index contributed by atoms with van der Waals surface area (Å²) < 4.78 is 0. The molecule has 0 aliphatic carbocycles. The van der Waals surface area contributed by atoms with Crippen LogP contribution in [0.4, 0.5) is 5.82 Å². The van der Waals surface area contributed by atoms with E-state index in [4.69, 9.17) is 0 Å². The third kappa shape index (κ3) is 2.49. The first-order valence-electron chi connectivity index (χ1n) is 7.09. The molecule has 4 heteroatoms. The van der Waals surface area contributed by atoms with E-state index >= 15 is 0 Å². The molecule has 2 aliphatic heterocycles. The molecule has 0 radical (unpaired) electrons. The number of aromatic nitrogens is 1. The number of pyridine rings is 1. The summed E-state index contributed by atoms with van der Waals surface area (Å²) in [5.41, 5.74) is 1.39. The summed E-state index contributed by atoms with van der Waals surface area (Å²) in [7, 11) is 0. The van der Waals surface area contributed by atoms with Crippen molar-refractivity contribution >= 4 is 5.82 Å². The molecule has 1 aromatic rings. The lowest BCUT2D eigenvalue weighted by atomic mass is 9.97. The molecule has 2 aliphatic rings. The number of nitrogens with one attached hydrogen (secondary N) is 2. The maximum absolute atomic E-state index is 4.64. The van der Waals surface area contributed by atoms with Crippen molar-refractivity contribution in [3.8, 4) is 0 Å². The highest BCUT2D eigenvalue weighted by atomic mass is 15.2. The summed E-state index contributed by atoms with van der Waals surface area (Å²) in [6.07, 6.45) is 5.79. The van der Waals surface area contributed by atoms with E-state index in [2.05, 4.69) is 32.7 Å². The number of hydrogen-bond acceptors (Lipinski definition) is 4. The Hall–Kier alpha value is -1.13. The average molecular weight is 246 g/mol. The van der Waals surface area contributed by atoms with E-state index in [1.165, 1.54) is 30.6 Å². The van der Waals surface area contributed by atoms with E-state index in [0.717, 1.165) is 32.7 Å². The van der Waals surface area contributed by atoms with Gasteiger partial charge < -0.3 is 15.5 Å². The molecular weight excluding hydrogens is 224 g/mol. The average Bonchev–Trinajstić information content (AvgIpc) is 2.49. The summed E-state index contributed by atoms with van der Waals surface area (Å²) in [4.78, 5) is 7.05. The minimum atomic E-state index is 0.498. The minimum Gasteiger partial charge on any atom is -0.354 e. The summed E-state index contributed by atoms with van der Waals surface area (Å²) in [5.74, 6) is 1.19. The zero-order chi connectivity index (χ0) is 12.2. The Labute approximate surface area is 109 Å². The Morgan fingerprint density at radius 3 is 2.83 bits per heavy atom. The van der Waals surface area contributed by atoms with Gasteiger partial charge in [-0.05, 0) is 25.5 Å². The monoisotopic (exact) mass is 246 g/mol. The molecule has 1 atom stereocenters. The highest BCUT2D eigenvalue weighted by molar-refractivity contribution is 5.49. The summed E-state index contributed by atoms with van der Waals surface area (Å²) in [6, 6.07) is 4.81. The molecule has 2 N–H and O–H groups in total. The number of anilines is 1. The molecule has 0 bridgehead atoms. The molecule has 1 unspecified atom stereocenters. The van der Waals surface area contributed by atoms with Crippen molar-refractivity contribution in [2.75, 3.05) is 37.6 Å². The maximum atomic E-state index is 4.64. The molecule has 3 heterocycles. The van der Waals surface area contributed by atoms with Crippen LogP contribution in [0.1, 0.15) is 30.9 Å². The number of piperazine rings is 1. The van der Waals surface area contributed by atoms with Crippen molar-refractivity contribution in [1.82, 2.24) is 15.6 Å². The van der Waals surface area contributed by atoms with Gasteiger partial charge in [-0.1, -0.05) is 12.5 Å². The van der Waals surface area contributed by atoms with Crippen molar-refractivity contribution in [2.45, 2.75) is 25.3 Å². The summed E-state index contributed by atoms with van der Waals surface area (Å²) in [5, 5.41) is 7.03. The summed E-state index contributed by atoms with van der Waals surface area (Å²) >= 11 is 0. The van der Waals surface area contributed by atoms with Crippen molar-refractivity contribution in [1.29, 1.82) is 0 Å². The van der Waals surface area contributed by atoms with E-state index in [0.29, 0.717) is 6.04 Å². The largest absolute Gasteiger partial charge is 0.354 e. The van der Waals surface area contributed by atoms with Gasteiger partial charge in [0, 0.05) is 44.0 Å². The minimum absolute atomic E-state index is 0.498. The molecule has 4 nitrogen and oxygen atoms in total.